The van der Waals surface area contributed by atoms with Crippen molar-refractivity contribution in [2.24, 2.45) is 0 Å². The molecule has 0 spiro atoms. The molecule has 2 amide bonds. The number of rotatable bonds is 6. The van der Waals surface area contributed by atoms with Gasteiger partial charge in [-0.15, -0.1) is 0 Å². The molecule has 0 radical (unpaired) electrons. The Morgan fingerprint density at radius 2 is 1.59 bits per heavy atom. The van der Waals surface area contributed by atoms with E-state index in [1.807, 2.05) is 18.2 Å². The summed E-state index contributed by atoms with van der Waals surface area (Å²) in [7, 11) is 0. The van der Waals surface area contributed by atoms with E-state index in [9.17, 15) is 14.4 Å². The fraction of sp³-hybridized carbons (Fsp3) is 0.115. The number of nitrogens with zero attached hydrogens (tertiary/aromatic N) is 1. The van der Waals surface area contributed by atoms with Crippen LogP contribution < -0.4 is 15.0 Å². The molecule has 3 aromatic rings. The Labute approximate surface area is 206 Å². The fourth-order valence-electron chi connectivity index (χ4n) is 3.37. The molecule has 172 valence electrons. The van der Waals surface area contributed by atoms with Crippen molar-refractivity contribution in [3.63, 3.8) is 0 Å². The predicted octanol–water partition coefficient (Wildman–Crippen LogP) is 6.12. The van der Waals surface area contributed by atoms with E-state index < -0.39 is 17.8 Å². The van der Waals surface area contributed by atoms with Crippen LogP contribution in [-0.2, 0) is 9.59 Å². The van der Waals surface area contributed by atoms with Gasteiger partial charge in [-0.1, -0.05) is 49.2 Å². The molecular formula is C26H20Cl2N2O4. The van der Waals surface area contributed by atoms with Gasteiger partial charge in [-0.25, -0.2) is 9.69 Å². The molecule has 6 nitrogen and oxygen atoms in total. The standard InChI is InChI=1S/C26H20Cl2N2O4/c1-15(2)17-4-3-5-21(14-17)34-26(33)16-6-10-19(11-7-16)29-23-22(28)24(31)30(25(23)32)20-12-8-18(27)9-13-20/h3-15,29H,1-2H3. The number of benzene rings is 3. The third kappa shape index (κ3) is 4.83. The van der Waals surface area contributed by atoms with E-state index >= 15 is 0 Å². The first kappa shape index (κ1) is 23.5. The van der Waals surface area contributed by atoms with Gasteiger partial charge in [0.2, 0.25) is 0 Å². The fourth-order valence-corrected chi connectivity index (χ4v) is 3.71. The van der Waals surface area contributed by atoms with Gasteiger partial charge < -0.3 is 10.1 Å². The molecule has 0 bridgehead atoms. The second-order valence-electron chi connectivity index (χ2n) is 7.93. The Kier molecular flexibility index (Phi) is 6.72. The number of nitrogens with one attached hydrogen (secondary N) is 1. The molecular weight excluding hydrogens is 475 g/mol. The summed E-state index contributed by atoms with van der Waals surface area (Å²) in [5.74, 6) is -0.962. The summed E-state index contributed by atoms with van der Waals surface area (Å²) >= 11 is 12.0. The number of anilines is 2. The number of esters is 1. The van der Waals surface area contributed by atoms with Crippen molar-refractivity contribution in [2.75, 3.05) is 10.2 Å². The molecule has 0 saturated heterocycles. The predicted molar refractivity (Wildman–Crippen MR) is 132 cm³/mol. The summed E-state index contributed by atoms with van der Waals surface area (Å²) in [5.41, 5.74) is 2.18. The number of amides is 2. The van der Waals surface area contributed by atoms with Crippen LogP contribution in [0.2, 0.25) is 5.02 Å². The van der Waals surface area contributed by atoms with Crippen LogP contribution in [0.3, 0.4) is 0 Å². The average Bonchev–Trinajstić information content (AvgIpc) is 3.03. The summed E-state index contributed by atoms with van der Waals surface area (Å²) in [6.07, 6.45) is 0. The molecule has 1 aliphatic rings. The molecule has 0 aromatic heterocycles. The highest BCUT2D eigenvalue weighted by molar-refractivity contribution is 6.53. The van der Waals surface area contributed by atoms with Gasteiger partial charge in [-0.2, -0.15) is 0 Å². The van der Waals surface area contributed by atoms with E-state index in [1.165, 1.54) is 0 Å². The first-order valence-electron chi connectivity index (χ1n) is 10.5. The second-order valence-corrected chi connectivity index (χ2v) is 8.74. The first-order chi connectivity index (χ1) is 16.2. The van der Waals surface area contributed by atoms with Crippen LogP contribution in [0.25, 0.3) is 0 Å². The number of carbonyl (C=O) groups is 3. The Morgan fingerprint density at radius 1 is 0.912 bits per heavy atom. The van der Waals surface area contributed by atoms with Crippen LogP contribution in [-0.4, -0.2) is 17.8 Å². The van der Waals surface area contributed by atoms with E-state index in [2.05, 4.69) is 19.2 Å². The molecule has 4 rings (SSSR count). The van der Waals surface area contributed by atoms with E-state index in [1.54, 1.807) is 54.6 Å². The van der Waals surface area contributed by atoms with Crippen LogP contribution in [0, 0.1) is 0 Å². The van der Waals surface area contributed by atoms with Crippen LogP contribution in [0.15, 0.2) is 83.5 Å². The monoisotopic (exact) mass is 494 g/mol. The maximum atomic E-state index is 12.9. The lowest BCUT2D eigenvalue weighted by molar-refractivity contribution is -0.120. The number of halogens is 2. The van der Waals surface area contributed by atoms with Gasteiger partial charge in [0.1, 0.15) is 16.5 Å². The van der Waals surface area contributed by atoms with Crippen LogP contribution >= 0.6 is 23.2 Å². The Balaban J connectivity index is 1.46. The van der Waals surface area contributed by atoms with Crippen LogP contribution in [0.1, 0.15) is 35.7 Å². The molecule has 1 N–H and O–H groups in total. The summed E-state index contributed by atoms with van der Waals surface area (Å²) in [5, 5.41) is 3.13. The summed E-state index contributed by atoms with van der Waals surface area (Å²) in [6.45, 7) is 4.12. The highest BCUT2D eigenvalue weighted by Crippen LogP contribution is 2.31. The smallest absolute Gasteiger partial charge is 0.343 e. The lowest BCUT2D eigenvalue weighted by atomic mass is 10.0. The molecule has 8 heteroatoms. The molecule has 0 fully saturated rings. The Hall–Kier alpha value is -3.61. The van der Waals surface area contributed by atoms with Crippen molar-refractivity contribution in [2.45, 2.75) is 19.8 Å². The molecule has 0 saturated carbocycles. The number of hydrogen-bond acceptors (Lipinski definition) is 5. The zero-order valence-electron chi connectivity index (χ0n) is 18.3. The highest BCUT2D eigenvalue weighted by atomic mass is 35.5. The van der Waals surface area contributed by atoms with Crippen molar-refractivity contribution in [1.82, 2.24) is 0 Å². The van der Waals surface area contributed by atoms with Gasteiger partial charge in [0, 0.05) is 10.7 Å². The van der Waals surface area contributed by atoms with E-state index in [4.69, 9.17) is 27.9 Å². The SMILES string of the molecule is CC(C)c1cccc(OC(=O)c2ccc(NC3=C(Cl)C(=O)N(c4ccc(Cl)cc4)C3=O)cc2)c1. The van der Waals surface area contributed by atoms with Crippen LogP contribution in [0.5, 0.6) is 5.75 Å². The largest absolute Gasteiger partial charge is 0.423 e. The molecule has 0 aliphatic carbocycles. The van der Waals surface area contributed by atoms with Gasteiger partial charge in [0.15, 0.2) is 0 Å². The van der Waals surface area contributed by atoms with Gasteiger partial charge in [-0.05, 0) is 72.1 Å². The maximum Gasteiger partial charge on any atom is 0.343 e. The van der Waals surface area contributed by atoms with E-state index in [-0.39, 0.29) is 10.7 Å². The minimum Gasteiger partial charge on any atom is -0.423 e. The van der Waals surface area contributed by atoms with Crippen molar-refractivity contribution in [1.29, 1.82) is 0 Å². The third-order valence-corrected chi connectivity index (χ3v) is 5.84. The van der Waals surface area contributed by atoms with Gasteiger partial charge in [-0.3, -0.25) is 9.59 Å². The molecule has 1 heterocycles. The lowest BCUT2D eigenvalue weighted by Crippen LogP contribution is -2.32. The molecule has 1 aliphatic heterocycles. The molecule has 0 unspecified atom stereocenters. The average molecular weight is 495 g/mol. The van der Waals surface area contributed by atoms with Crippen LogP contribution in [0.4, 0.5) is 11.4 Å². The number of ether oxygens (including phenoxy) is 1. The summed E-state index contributed by atoms with van der Waals surface area (Å²) in [4.78, 5) is 38.9. The van der Waals surface area contributed by atoms with E-state index in [0.717, 1.165) is 10.5 Å². The molecule has 34 heavy (non-hydrogen) atoms. The molecule has 3 aromatic carbocycles. The van der Waals surface area contributed by atoms with Gasteiger partial charge >= 0.3 is 5.97 Å². The summed E-state index contributed by atoms with van der Waals surface area (Å²) in [6, 6.07) is 20.0. The maximum absolute atomic E-state index is 12.9. The summed E-state index contributed by atoms with van der Waals surface area (Å²) < 4.78 is 5.48. The van der Waals surface area contributed by atoms with Crippen molar-refractivity contribution in [3.05, 3.63) is 99.7 Å². The quantitative estimate of drug-likeness (QED) is 0.253. The minimum atomic E-state index is -0.639. The minimum absolute atomic E-state index is 0.0533. The van der Waals surface area contributed by atoms with Crippen molar-refractivity contribution < 1.29 is 19.1 Å². The van der Waals surface area contributed by atoms with Gasteiger partial charge in [0.25, 0.3) is 11.8 Å². The van der Waals surface area contributed by atoms with E-state index in [0.29, 0.717) is 33.6 Å². The zero-order chi connectivity index (χ0) is 24.4. The topological polar surface area (TPSA) is 75.7 Å². The normalized spacial score (nSPS) is 13.6. The molecule has 0 atom stereocenters. The van der Waals surface area contributed by atoms with Crippen molar-refractivity contribution >= 4 is 52.4 Å². The van der Waals surface area contributed by atoms with Gasteiger partial charge in [0.05, 0.1) is 11.3 Å². The first-order valence-corrected chi connectivity index (χ1v) is 11.2. The number of imide groups is 1. The third-order valence-electron chi connectivity index (χ3n) is 5.24. The Bertz CT molecular complexity index is 1300. The Morgan fingerprint density at radius 3 is 2.24 bits per heavy atom. The second kappa shape index (κ2) is 9.71. The van der Waals surface area contributed by atoms with Crippen molar-refractivity contribution in [3.8, 4) is 5.75 Å². The number of hydrogen-bond donors (Lipinski definition) is 1. The highest BCUT2D eigenvalue weighted by Gasteiger charge is 2.38. The lowest BCUT2D eigenvalue weighted by Gasteiger charge is -2.15. The zero-order valence-corrected chi connectivity index (χ0v) is 19.9. The number of carbonyl (C=O) groups excluding carboxylic acids is 3.